The number of likely N-dealkylation sites (N-methyl/N-ethyl adjacent to an activating group) is 1. The highest BCUT2D eigenvalue weighted by Gasteiger charge is 2.36. The Morgan fingerprint density at radius 2 is 2.19 bits per heavy atom. The summed E-state index contributed by atoms with van der Waals surface area (Å²) in [6.07, 6.45) is 1.86. The molecule has 1 aromatic rings. The van der Waals surface area contributed by atoms with Gasteiger partial charge in [0.2, 0.25) is 0 Å². The molecule has 1 aliphatic rings. The second-order valence-electron chi connectivity index (χ2n) is 4.42. The average molecular weight is 293 g/mol. The molecule has 1 N–H and O–H groups in total. The van der Waals surface area contributed by atoms with Crippen molar-refractivity contribution in [1.29, 1.82) is 0 Å². The predicted octanol–water partition coefficient (Wildman–Crippen LogP) is -0.0801. The number of hydrogen-bond acceptors (Lipinski definition) is 5. The molecule has 8 nitrogen and oxygen atoms in total. The third-order valence-electron chi connectivity index (χ3n) is 3.20. The third-order valence-corrected chi connectivity index (χ3v) is 3.20. The zero-order chi connectivity index (χ0) is 15.4. The van der Waals surface area contributed by atoms with Crippen LogP contribution in [0.3, 0.4) is 0 Å². The van der Waals surface area contributed by atoms with Gasteiger partial charge in [0, 0.05) is 19.6 Å². The number of carbonyl (C=O) groups is 4. The number of carbonyl (C=O) groups excluding carboxylic acids is 4. The Labute approximate surface area is 120 Å². The Kier molecular flexibility index (Phi) is 4.36. The van der Waals surface area contributed by atoms with Gasteiger partial charge in [-0.05, 0) is 19.1 Å². The van der Waals surface area contributed by atoms with Crippen LogP contribution < -0.4 is 5.32 Å². The van der Waals surface area contributed by atoms with Gasteiger partial charge in [-0.15, -0.1) is 0 Å². The Morgan fingerprint density at radius 1 is 1.43 bits per heavy atom. The van der Waals surface area contributed by atoms with Crippen LogP contribution in [0.15, 0.2) is 22.8 Å². The van der Waals surface area contributed by atoms with Crippen LogP contribution >= 0.6 is 0 Å². The quantitative estimate of drug-likeness (QED) is 0.618. The molecule has 0 aliphatic carbocycles. The lowest BCUT2D eigenvalue weighted by atomic mass is 10.2. The summed E-state index contributed by atoms with van der Waals surface area (Å²) < 4.78 is 5.03. The molecule has 0 radical (unpaired) electrons. The van der Waals surface area contributed by atoms with Crippen LogP contribution in [-0.4, -0.2) is 53.6 Å². The number of imide groups is 1. The minimum Gasteiger partial charge on any atom is -0.467 e. The predicted molar refractivity (Wildman–Crippen MR) is 70.0 cm³/mol. The lowest BCUT2D eigenvalue weighted by Crippen LogP contribution is -2.58. The summed E-state index contributed by atoms with van der Waals surface area (Å²) in [5.74, 6) is -1.37. The van der Waals surface area contributed by atoms with E-state index in [0.717, 1.165) is 4.90 Å². The summed E-state index contributed by atoms with van der Waals surface area (Å²) >= 11 is 0. The molecule has 1 saturated heterocycles. The minimum atomic E-state index is -1.00. The average Bonchev–Trinajstić information content (AvgIpc) is 3.01. The first-order valence-electron chi connectivity index (χ1n) is 6.48. The zero-order valence-corrected chi connectivity index (χ0v) is 11.4. The highest BCUT2D eigenvalue weighted by Crippen LogP contribution is 2.12. The van der Waals surface area contributed by atoms with Crippen LogP contribution in [0.1, 0.15) is 18.7 Å². The van der Waals surface area contributed by atoms with Crippen LogP contribution in [0.5, 0.6) is 0 Å². The maximum atomic E-state index is 12.0. The maximum Gasteiger partial charge on any atom is 0.325 e. The third kappa shape index (κ3) is 2.93. The van der Waals surface area contributed by atoms with Gasteiger partial charge in [0.15, 0.2) is 0 Å². The van der Waals surface area contributed by atoms with Crippen LogP contribution in [0, 0.1) is 0 Å². The molecule has 1 aromatic heterocycles. The van der Waals surface area contributed by atoms with Crippen molar-refractivity contribution < 1.29 is 23.6 Å². The van der Waals surface area contributed by atoms with Crippen molar-refractivity contribution in [3.8, 4) is 0 Å². The van der Waals surface area contributed by atoms with Crippen molar-refractivity contribution >= 4 is 24.1 Å². The number of hydrogen-bond donors (Lipinski definition) is 1. The molecule has 1 unspecified atom stereocenters. The van der Waals surface area contributed by atoms with Gasteiger partial charge in [-0.3, -0.25) is 14.5 Å². The largest absolute Gasteiger partial charge is 0.467 e. The van der Waals surface area contributed by atoms with Crippen LogP contribution in [0.2, 0.25) is 0 Å². The van der Waals surface area contributed by atoms with Gasteiger partial charge in [-0.25, -0.2) is 4.79 Å². The smallest absolute Gasteiger partial charge is 0.325 e. The first kappa shape index (κ1) is 14.8. The summed E-state index contributed by atoms with van der Waals surface area (Å²) in [5, 5.41) is 2.36. The van der Waals surface area contributed by atoms with E-state index in [4.69, 9.17) is 4.42 Å². The zero-order valence-electron chi connectivity index (χ0n) is 11.4. The van der Waals surface area contributed by atoms with Gasteiger partial charge >= 0.3 is 17.8 Å². The fourth-order valence-electron chi connectivity index (χ4n) is 2.02. The lowest BCUT2D eigenvalue weighted by molar-refractivity contribution is -0.153. The molecule has 0 bridgehead atoms. The monoisotopic (exact) mass is 293 g/mol. The van der Waals surface area contributed by atoms with E-state index in [-0.39, 0.29) is 18.8 Å². The first-order valence-corrected chi connectivity index (χ1v) is 6.48. The number of piperazine rings is 1. The fourth-order valence-corrected chi connectivity index (χ4v) is 2.02. The highest BCUT2D eigenvalue weighted by molar-refractivity contribution is 6.38. The topological polar surface area (TPSA) is 99.9 Å². The van der Waals surface area contributed by atoms with Crippen molar-refractivity contribution in [2.75, 3.05) is 19.6 Å². The summed E-state index contributed by atoms with van der Waals surface area (Å²) in [6.45, 7) is 2.53. The molecule has 2 heterocycles. The molecule has 2 rings (SSSR count). The lowest BCUT2D eigenvalue weighted by Gasteiger charge is -2.32. The SMILES string of the molecule is CCN1CCN(C(=O)NC(C=O)c2ccco2)C(=O)C1=O. The molecule has 8 heteroatoms. The molecule has 4 amide bonds. The van der Waals surface area contributed by atoms with Crippen molar-refractivity contribution in [1.82, 2.24) is 15.1 Å². The minimum absolute atomic E-state index is 0.0912. The summed E-state index contributed by atoms with van der Waals surface area (Å²) in [5.41, 5.74) is 0. The van der Waals surface area contributed by atoms with Crippen molar-refractivity contribution in [3.05, 3.63) is 24.2 Å². The van der Waals surface area contributed by atoms with E-state index >= 15 is 0 Å². The molecule has 1 fully saturated rings. The number of nitrogens with zero attached hydrogens (tertiary/aromatic N) is 2. The van der Waals surface area contributed by atoms with Crippen LogP contribution in [0.4, 0.5) is 4.79 Å². The van der Waals surface area contributed by atoms with E-state index < -0.39 is 23.9 Å². The number of aldehydes is 1. The van der Waals surface area contributed by atoms with E-state index in [1.807, 2.05) is 0 Å². The molecule has 0 saturated carbocycles. The summed E-state index contributed by atoms with van der Waals surface area (Å²) in [7, 11) is 0. The van der Waals surface area contributed by atoms with E-state index in [2.05, 4.69) is 5.32 Å². The number of amides is 4. The van der Waals surface area contributed by atoms with Gasteiger partial charge in [-0.1, -0.05) is 0 Å². The Hall–Kier alpha value is -2.64. The van der Waals surface area contributed by atoms with Crippen molar-refractivity contribution in [2.24, 2.45) is 0 Å². The van der Waals surface area contributed by atoms with Crippen molar-refractivity contribution in [2.45, 2.75) is 13.0 Å². The maximum absolute atomic E-state index is 12.0. The highest BCUT2D eigenvalue weighted by atomic mass is 16.3. The number of urea groups is 1. The summed E-state index contributed by atoms with van der Waals surface area (Å²) in [4.78, 5) is 48.8. The van der Waals surface area contributed by atoms with Gasteiger partial charge < -0.3 is 19.4 Å². The molecular weight excluding hydrogens is 278 g/mol. The fraction of sp³-hybridized carbons (Fsp3) is 0.385. The number of rotatable bonds is 4. The normalized spacial score (nSPS) is 16.8. The molecule has 21 heavy (non-hydrogen) atoms. The van der Waals surface area contributed by atoms with E-state index in [1.54, 1.807) is 13.0 Å². The molecule has 0 aromatic carbocycles. The van der Waals surface area contributed by atoms with Crippen molar-refractivity contribution in [3.63, 3.8) is 0 Å². The Morgan fingerprint density at radius 3 is 2.76 bits per heavy atom. The van der Waals surface area contributed by atoms with Gasteiger partial charge in [-0.2, -0.15) is 0 Å². The standard InChI is InChI=1S/C13H15N3O5/c1-2-15-5-6-16(12(19)11(15)18)13(20)14-9(8-17)10-4-3-7-21-10/h3-4,7-9H,2,5-6H2,1H3,(H,14,20). The van der Waals surface area contributed by atoms with E-state index in [1.165, 1.54) is 17.2 Å². The van der Waals surface area contributed by atoms with Crippen LogP contribution in [-0.2, 0) is 14.4 Å². The molecule has 0 spiro atoms. The Bertz CT molecular complexity index is 554. The molecule has 1 atom stereocenters. The number of nitrogens with one attached hydrogen (secondary N) is 1. The van der Waals surface area contributed by atoms with Gasteiger partial charge in [0.1, 0.15) is 18.1 Å². The first-order chi connectivity index (χ1) is 10.1. The molecule has 112 valence electrons. The second kappa shape index (κ2) is 6.21. The van der Waals surface area contributed by atoms with E-state index in [9.17, 15) is 19.2 Å². The Balaban J connectivity index is 2.05. The second-order valence-corrected chi connectivity index (χ2v) is 4.42. The van der Waals surface area contributed by atoms with Gasteiger partial charge in [0.25, 0.3) is 0 Å². The summed E-state index contributed by atoms with van der Waals surface area (Å²) in [6, 6.07) is 1.31. The van der Waals surface area contributed by atoms with E-state index in [0.29, 0.717) is 12.8 Å². The van der Waals surface area contributed by atoms with Gasteiger partial charge in [0.05, 0.1) is 6.26 Å². The molecular formula is C13H15N3O5. The number of furan rings is 1. The van der Waals surface area contributed by atoms with Crippen LogP contribution in [0.25, 0.3) is 0 Å². The molecule has 1 aliphatic heterocycles.